The lowest BCUT2D eigenvalue weighted by Gasteiger charge is -2.33. The molecular weight excluding hydrogens is 472 g/mol. The van der Waals surface area contributed by atoms with E-state index in [1.807, 2.05) is 30.3 Å². The number of fused-ring (bicyclic) bond motifs is 1. The number of ether oxygens (including phenoxy) is 1. The predicted octanol–water partition coefficient (Wildman–Crippen LogP) is 3.62. The fraction of sp³-hybridized carbons (Fsp3) is 0.261. The summed E-state index contributed by atoms with van der Waals surface area (Å²) in [5, 5.41) is 12.5. The van der Waals surface area contributed by atoms with E-state index in [-0.39, 0.29) is 5.28 Å². The molecule has 11 nitrogen and oxygen atoms in total. The number of H-pyrrole nitrogens is 1. The van der Waals surface area contributed by atoms with Gasteiger partial charge in [0.05, 0.1) is 24.3 Å². The van der Waals surface area contributed by atoms with Crippen LogP contribution in [0.3, 0.4) is 0 Å². The summed E-state index contributed by atoms with van der Waals surface area (Å²) in [6.07, 6.45) is 2.43. The van der Waals surface area contributed by atoms with Gasteiger partial charge in [-0.05, 0) is 41.4 Å². The summed E-state index contributed by atoms with van der Waals surface area (Å²) in [5.74, 6) is 1.75. The van der Waals surface area contributed by atoms with Crippen LogP contribution in [0.1, 0.15) is 5.56 Å². The molecule has 1 aliphatic rings. The molecule has 5 rings (SSSR count). The lowest BCUT2D eigenvalue weighted by Crippen LogP contribution is -2.47. The molecule has 0 atom stereocenters. The Morgan fingerprint density at radius 2 is 2.00 bits per heavy atom. The molecule has 1 aromatic carbocycles. The van der Waals surface area contributed by atoms with Crippen molar-refractivity contribution in [1.82, 2.24) is 34.7 Å². The summed E-state index contributed by atoms with van der Waals surface area (Å²) in [7, 11) is 1.56. The number of nitrogens with zero attached hydrogens (tertiary/aromatic N) is 6. The van der Waals surface area contributed by atoms with E-state index < -0.39 is 6.09 Å². The van der Waals surface area contributed by atoms with E-state index in [0.717, 1.165) is 28.7 Å². The van der Waals surface area contributed by atoms with E-state index in [4.69, 9.17) is 21.4 Å². The van der Waals surface area contributed by atoms with Crippen molar-refractivity contribution in [2.75, 3.05) is 38.6 Å². The minimum absolute atomic E-state index is 0.141. The first-order valence-corrected chi connectivity index (χ1v) is 11.3. The van der Waals surface area contributed by atoms with Gasteiger partial charge >= 0.3 is 6.09 Å². The molecule has 3 N–H and O–H groups in total. The van der Waals surface area contributed by atoms with Gasteiger partial charge in [0.1, 0.15) is 11.5 Å². The predicted molar refractivity (Wildman–Crippen MR) is 131 cm³/mol. The maximum atomic E-state index is 11.1. The Labute approximate surface area is 205 Å². The van der Waals surface area contributed by atoms with Crippen LogP contribution in [-0.4, -0.2) is 79.2 Å². The number of methoxy groups -OCH3 is 1. The molecule has 0 radical (unpaired) electrons. The Balaban J connectivity index is 1.30. The zero-order valence-corrected chi connectivity index (χ0v) is 19.7. The first-order valence-electron chi connectivity index (χ1n) is 11.0. The summed E-state index contributed by atoms with van der Waals surface area (Å²) in [5.41, 5.74) is 4.09. The zero-order chi connectivity index (χ0) is 24.4. The number of nitrogens with one attached hydrogen (secondary N) is 2. The van der Waals surface area contributed by atoms with Gasteiger partial charge in [-0.2, -0.15) is 0 Å². The normalized spacial score (nSPS) is 14.3. The minimum atomic E-state index is -0.863. The quantitative estimate of drug-likeness (QED) is 0.344. The van der Waals surface area contributed by atoms with Crippen molar-refractivity contribution < 1.29 is 14.6 Å². The van der Waals surface area contributed by atoms with E-state index in [9.17, 15) is 4.79 Å². The lowest BCUT2D eigenvalue weighted by molar-refractivity contribution is 0.103. The minimum Gasteiger partial charge on any atom is -0.493 e. The maximum Gasteiger partial charge on any atom is 0.407 e. The van der Waals surface area contributed by atoms with Crippen molar-refractivity contribution in [3.05, 3.63) is 53.6 Å². The third kappa shape index (κ3) is 5.10. The Morgan fingerprint density at radius 3 is 2.77 bits per heavy atom. The molecule has 1 fully saturated rings. The number of hydrogen-bond donors (Lipinski definition) is 3. The molecule has 12 heteroatoms. The molecule has 0 bridgehead atoms. The summed E-state index contributed by atoms with van der Waals surface area (Å²) in [6, 6.07) is 9.64. The maximum absolute atomic E-state index is 11.1. The van der Waals surface area contributed by atoms with Crippen molar-refractivity contribution in [2.45, 2.75) is 6.54 Å². The van der Waals surface area contributed by atoms with Gasteiger partial charge in [0.25, 0.3) is 0 Å². The lowest BCUT2D eigenvalue weighted by atomic mass is 10.1. The van der Waals surface area contributed by atoms with Gasteiger partial charge in [0.15, 0.2) is 5.75 Å². The number of pyridine rings is 1. The van der Waals surface area contributed by atoms with E-state index >= 15 is 0 Å². The van der Waals surface area contributed by atoms with Crippen LogP contribution in [-0.2, 0) is 6.54 Å². The number of carboxylic acid groups (broad SMARTS) is 1. The molecule has 1 saturated heterocycles. The topological polar surface area (TPSA) is 132 Å². The number of hydrogen-bond acceptors (Lipinski definition) is 8. The molecule has 0 spiro atoms. The second-order valence-electron chi connectivity index (χ2n) is 8.09. The van der Waals surface area contributed by atoms with Crippen molar-refractivity contribution in [1.29, 1.82) is 0 Å². The van der Waals surface area contributed by atoms with E-state index in [1.165, 1.54) is 4.90 Å². The van der Waals surface area contributed by atoms with E-state index in [1.54, 1.807) is 19.5 Å². The molecule has 3 aromatic heterocycles. The molecule has 4 aromatic rings. The van der Waals surface area contributed by atoms with Crippen LogP contribution in [0.2, 0.25) is 5.28 Å². The fourth-order valence-electron chi connectivity index (χ4n) is 4.04. The molecule has 0 saturated carbocycles. The molecule has 4 heterocycles. The van der Waals surface area contributed by atoms with Gasteiger partial charge in [-0.3, -0.25) is 4.90 Å². The van der Waals surface area contributed by atoms with Crippen molar-refractivity contribution >= 4 is 40.5 Å². The number of anilines is 2. The monoisotopic (exact) mass is 494 g/mol. The number of benzene rings is 1. The number of imidazole rings is 1. The van der Waals surface area contributed by atoms with Gasteiger partial charge in [0, 0.05) is 44.5 Å². The van der Waals surface area contributed by atoms with Crippen molar-refractivity contribution in [3.63, 3.8) is 0 Å². The number of carbonyl (C=O) groups is 1. The molecule has 1 aliphatic heterocycles. The summed E-state index contributed by atoms with van der Waals surface area (Å²) < 4.78 is 5.37. The molecular formula is C23H23ClN8O3. The Bertz CT molecular complexity index is 1370. The van der Waals surface area contributed by atoms with Gasteiger partial charge in [-0.25, -0.2) is 24.7 Å². The molecule has 0 unspecified atom stereocenters. The van der Waals surface area contributed by atoms with Crippen molar-refractivity contribution in [2.24, 2.45) is 0 Å². The highest BCUT2D eigenvalue weighted by Gasteiger charge is 2.20. The van der Waals surface area contributed by atoms with Crippen molar-refractivity contribution in [3.8, 4) is 17.0 Å². The number of aromatic nitrogens is 5. The largest absolute Gasteiger partial charge is 0.493 e. The Kier molecular flexibility index (Phi) is 6.34. The first kappa shape index (κ1) is 22.8. The van der Waals surface area contributed by atoms with Crippen LogP contribution in [0.5, 0.6) is 5.75 Å². The second-order valence-corrected chi connectivity index (χ2v) is 8.43. The number of piperazine rings is 1. The standard InChI is InChI=1S/C23H23ClN8O3/c1-35-18-12-26-21(24)30-20(18)15-2-3-16-17(11-15)28-22(27-16)29-19-10-14(4-5-25-19)13-31-6-8-32(9-7-31)23(33)34/h2-5,10-12H,6-9,13H2,1H3,(H,33,34)(H2,25,27,28,29). The highest BCUT2D eigenvalue weighted by atomic mass is 35.5. The van der Waals surface area contributed by atoms with Crippen LogP contribution in [0.15, 0.2) is 42.7 Å². The number of aromatic amines is 1. The van der Waals surface area contributed by atoms with E-state index in [2.05, 4.69) is 35.1 Å². The molecule has 0 aliphatic carbocycles. The molecule has 1 amide bonds. The number of halogens is 1. The van der Waals surface area contributed by atoms with Crippen LogP contribution in [0.4, 0.5) is 16.6 Å². The van der Waals surface area contributed by atoms with Gasteiger partial charge in [0.2, 0.25) is 11.2 Å². The van der Waals surface area contributed by atoms with Crippen LogP contribution in [0, 0.1) is 0 Å². The van der Waals surface area contributed by atoms with Gasteiger partial charge in [-0.15, -0.1) is 0 Å². The van der Waals surface area contributed by atoms with Gasteiger partial charge < -0.3 is 25.0 Å². The van der Waals surface area contributed by atoms with E-state index in [0.29, 0.717) is 49.4 Å². The Hall–Kier alpha value is -3.96. The van der Waals surface area contributed by atoms with Crippen LogP contribution < -0.4 is 10.1 Å². The SMILES string of the molecule is COc1cnc(Cl)nc1-c1ccc2nc(Nc3cc(CN4CCN(C(=O)O)CC4)ccn3)[nH]c2c1. The van der Waals surface area contributed by atoms with Crippen LogP contribution in [0.25, 0.3) is 22.3 Å². The average Bonchev–Trinajstić information content (AvgIpc) is 3.26. The summed E-state index contributed by atoms with van der Waals surface area (Å²) >= 11 is 5.99. The average molecular weight is 495 g/mol. The second kappa shape index (κ2) is 9.72. The summed E-state index contributed by atoms with van der Waals surface area (Å²) in [6.45, 7) is 3.15. The molecule has 180 valence electrons. The summed E-state index contributed by atoms with van der Waals surface area (Å²) in [4.78, 5) is 35.3. The smallest absolute Gasteiger partial charge is 0.407 e. The zero-order valence-electron chi connectivity index (χ0n) is 18.9. The van der Waals surface area contributed by atoms with Gasteiger partial charge in [-0.1, -0.05) is 6.07 Å². The number of rotatable bonds is 6. The highest BCUT2D eigenvalue weighted by Crippen LogP contribution is 2.30. The third-order valence-electron chi connectivity index (χ3n) is 5.82. The third-order valence-corrected chi connectivity index (χ3v) is 6.00. The molecule has 35 heavy (non-hydrogen) atoms. The highest BCUT2D eigenvalue weighted by molar-refractivity contribution is 6.28. The Morgan fingerprint density at radius 1 is 1.17 bits per heavy atom. The number of amides is 1. The fourth-order valence-corrected chi connectivity index (χ4v) is 4.17. The first-order chi connectivity index (χ1) is 17.0. The van der Waals surface area contributed by atoms with Crippen LogP contribution >= 0.6 is 11.6 Å².